The SMILES string of the molecule is Cc1cc(C)c2c(CC(=O)Nc3c(C#N)cnn3-c3cc(C)c4cc(C)cc(C)c4n3)noc2c1. The minimum Gasteiger partial charge on any atom is -0.356 e. The van der Waals surface area contributed by atoms with Gasteiger partial charge in [-0.15, -0.1) is 0 Å². The van der Waals surface area contributed by atoms with Gasteiger partial charge < -0.3 is 9.84 Å². The smallest absolute Gasteiger partial charge is 0.231 e. The zero-order chi connectivity index (χ0) is 24.9. The van der Waals surface area contributed by atoms with Gasteiger partial charge in [-0.3, -0.25) is 4.79 Å². The molecular formula is C27H24N6O2. The molecule has 1 amide bonds. The first-order chi connectivity index (χ1) is 16.7. The molecule has 0 aliphatic carbocycles. The number of amides is 1. The van der Waals surface area contributed by atoms with Crippen molar-refractivity contribution in [1.82, 2.24) is 19.9 Å². The normalized spacial score (nSPS) is 11.2. The summed E-state index contributed by atoms with van der Waals surface area (Å²) >= 11 is 0. The summed E-state index contributed by atoms with van der Waals surface area (Å²) in [6, 6.07) is 12.1. The van der Waals surface area contributed by atoms with Crippen molar-refractivity contribution in [2.75, 3.05) is 5.32 Å². The summed E-state index contributed by atoms with van der Waals surface area (Å²) in [7, 11) is 0. The molecule has 3 heterocycles. The second-order valence-corrected chi connectivity index (χ2v) is 9.01. The van der Waals surface area contributed by atoms with E-state index in [1.807, 2.05) is 45.9 Å². The number of hydrogen-bond donors (Lipinski definition) is 1. The third kappa shape index (κ3) is 3.91. The Morgan fingerprint density at radius 3 is 2.54 bits per heavy atom. The Bertz CT molecular complexity index is 1690. The Labute approximate surface area is 202 Å². The largest absolute Gasteiger partial charge is 0.356 e. The van der Waals surface area contributed by atoms with Crippen molar-refractivity contribution in [3.63, 3.8) is 0 Å². The highest BCUT2D eigenvalue weighted by Gasteiger charge is 2.20. The van der Waals surface area contributed by atoms with Gasteiger partial charge in [0.25, 0.3) is 0 Å². The maximum absolute atomic E-state index is 13.1. The van der Waals surface area contributed by atoms with Crippen molar-refractivity contribution in [3.05, 3.63) is 75.6 Å². The van der Waals surface area contributed by atoms with E-state index in [1.54, 1.807) is 0 Å². The van der Waals surface area contributed by atoms with Gasteiger partial charge in [0, 0.05) is 10.8 Å². The van der Waals surface area contributed by atoms with E-state index in [9.17, 15) is 10.1 Å². The van der Waals surface area contributed by atoms with Gasteiger partial charge in [0.15, 0.2) is 17.2 Å². The fourth-order valence-electron chi connectivity index (χ4n) is 4.63. The molecule has 0 spiro atoms. The molecule has 5 rings (SSSR count). The molecule has 0 bridgehead atoms. The summed E-state index contributed by atoms with van der Waals surface area (Å²) in [6.45, 7) is 10.0. The number of pyridine rings is 1. The van der Waals surface area contributed by atoms with Crippen LogP contribution in [0.5, 0.6) is 0 Å². The highest BCUT2D eigenvalue weighted by molar-refractivity contribution is 5.96. The van der Waals surface area contributed by atoms with Gasteiger partial charge >= 0.3 is 0 Å². The van der Waals surface area contributed by atoms with Crippen molar-refractivity contribution < 1.29 is 9.32 Å². The Morgan fingerprint density at radius 1 is 1.03 bits per heavy atom. The number of aryl methyl sites for hydroxylation is 5. The molecule has 0 radical (unpaired) electrons. The number of rotatable bonds is 4. The number of carbonyl (C=O) groups excluding carboxylic acids is 1. The zero-order valence-corrected chi connectivity index (χ0v) is 20.2. The van der Waals surface area contributed by atoms with E-state index >= 15 is 0 Å². The Balaban J connectivity index is 1.52. The summed E-state index contributed by atoms with van der Waals surface area (Å²) in [5.41, 5.74) is 7.60. The number of anilines is 1. The second kappa shape index (κ2) is 8.37. The molecule has 0 saturated carbocycles. The molecule has 3 aromatic heterocycles. The van der Waals surface area contributed by atoms with Gasteiger partial charge in [0.1, 0.15) is 17.3 Å². The lowest BCUT2D eigenvalue weighted by Crippen LogP contribution is -2.18. The predicted octanol–water partition coefficient (Wildman–Crippen LogP) is 5.16. The summed E-state index contributed by atoms with van der Waals surface area (Å²) in [4.78, 5) is 17.9. The minimum atomic E-state index is -0.331. The van der Waals surface area contributed by atoms with E-state index in [1.165, 1.54) is 10.9 Å². The molecule has 0 aliphatic rings. The summed E-state index contributed by atoms with van der Waals surface area (Å²) in [6.07, 6.45) is 1.42. The molecule has 0 saturated heterocycles. The van der Waals surface area contributed by atoms with Crippen LogP contribution < -0.4 is 5.32 Å². The highest BCUT2D eigenvalue weighted by Crippen LogP contribution is 2.28. The molecule has 174 valence electrons. The first-order valence-corrected chi connectivity index (χ1v) is 11.3. The predicted molar refractivity (Wildman–Crippen MR) is 134 cm³/mol. The Morgan fingerprint density at radius 2 is 1.77 bits per heavy atom. The fourth-order valence-corrected chi connectivity index (χ4v) is 4.63. The molecule has 0 aliphatic heterocycles. The number of carbonyl (C=O) groups is 1. The molecule has 0 unspecified atom stereocenters. The van der Waals surface area contributed by atoms with E-state index in [0.29, 0.717) is 17.1 Å². The molecule has 0 fully saturated rings. The van der Waals surface area contributed by atoms with Crippen LogP contribution in [0.1, 0.15) is 39.1 Å². The van der Waals surface area contributed by atoms with Crippen LogP contribution in [0.25, 0.3) is 27.7 Å². The lowest BCUT2D eigenvalue weighted by Gasteiger charge is -2.12. The van der Waals surface area contributed by atoms with Crippen LogP contribution in [0.4, 0.5) is 5.82 Å². The van der Waals surface area contributed by atoms with Crippen molar-refractivity contribution in [2.45, 2.75) is 41.0 Å². The third-order valence-electron chi connectivity index (χ3n) is 6.12. The topological polar surface area (TPSA) is 110 Å². The third-order valence-corrected chi connectivity index (χ3v) is 6.12. The van der Waals surface area contributed by atoms with Gasteiger partial charge in [0.05, 0.1) is 18.1 Å². The van der Waals surface area contributed by atoms with Crippen LogP contribution >= 0.6 is 0 Å². The molecule has 2 aromatic carbocycles. The van der Waals surface area contributed by atoms with Crippen molar-refractivity contribution in [3.8, 4) is 11.9 Å². The van der Waals surface area contributed by atoms with Crippen molar-refractivity contribution >= 4 is 33.6 Å². The standard InChI is InChI=1S/C27H24N6O2/c1-14-7-18(5)26-20(8-14)16(3)10-23(30-26)33-27(19(12-28)13-29-33)31-24(34)11-21-25-17(4)6-15(2)9-22(25)35-32-21/h6-10,13H,11H2,1-5H3,(H,31,34). The van der Waals surface area contributed by atoms with Gasteiger partial charge in [-0.1, -0.05) is 22.9 Å². The number of benzene rings is 2. The van der Waals surface area contributed by atoms with E-state index in [4.69, 9.17) is 9.51 Å². The van der Waals surface area contributed by atoms with Crippen LogP contribution in [0, 0.1) is 45.9 Å². The highest BCUT2D eigenvalue weighted by atomic mass is 16.5. The van der Waals surface area contributed by atoms with Gasteiger partial charge in [-0.05, 0) is 75.1 Å². The van der Waals surface area contributed by atoms with Crippen molar-refractivity contribution in [2.24, 2.45) is 0 Å². The first kappa shape index (κ1) is 22.3. The average Bonchev–Trinajstić information content (AvgIpc) is 3.38. The number of nitrogens with one attached hydrogen (secondary N) is 1. The molecule has 8 nitrogen and oxygen atoms in total. The maximum atomic E-state index is 13.1. The van der Waals surface area contributed by atoms with Gasteiger partial charge in [-0.25, -0.2) is 4.98 Å². The summed E-state index contributed by atoms with van der Waals surface area (Å²) in [5, 5.41) is 22.9. The number of nitrogens with zero attached hydrogens (tertiary/aromatic N) is 5. The molecule has 35 heavy (non-hydrogen) atoms. The fraction of sp³-hybridized carbons (Fsp3) is 0.222. The van der Waals surface area contributed by atoms with Crippen LogP contribution in [0.3, 0.4) is 0 Å². The summed E-state index contributed by atoms with van der Waals surface area (Å²) < 4.78 is 6.95. The number of nitriles is 1. The monoisotopic (exact) mass is 464 g/mol. The Hall–Kier alpha value is -4.51. The van der Waals surface area contributed by atoms with Gasteiger partial charge in [-0.2, -0.15) is 15.0 Å². The van der Waals surface area contributed by atoms with Crippen molar-refractivity contribution in [1.29, 1.82) is 5.26 Å². The first-order valence-electron chi connectivity index (χ1n) is 11.3. The molecular weight excluding hydrogens is 440 g/mol. The minimum absolute atomic E-state index is 0.00445. The molecule has 0 atom stereocenters. The second-order valence-electron chi connectivity index (χ2n) is 9.01. The molecule has 1 N–H and O–H groups in total. The van der Waals surface area contributed by atoms with E-state index < -0.39 is 0 Å². The van der Waals surface area contributed by atoms with Crippen LogP contribution in [0.15, 0.2) is 41.1 Å². The van der Waals surface area contributed by atoms with Crippen LogP contribution in [0.2, 0.25) is 0 Å². The summed E-state index contributed by atoms with van der Waals surface area (Å²) in [5.74, 6) is 0.466. The number of fused-ring (bicyclic) bond motifs is 2. The zero-order valence-electron chi connectivity index (χ0n) is 20.2. The molecule has 8 heteroatoms. The van der Waals surface area contributed by atoms with E-state index in [-0.39, 0.29) is 23.7 Å². The number of aromatic nitrogens is 4. The lowest BCUT2D eigenvalue weighted by atomic mass is 10.0. The average molecular weight is 465 g/mol. The quantitative estimate of drug-likeness (QED) is 0.394. The lowest BCUT2D eigenvalue weighted by molar-refractivity contribution is -0.115. The van der Waals surface area contributed by atoms with Crippen LogP contribution in [-0.4, -0.2) is 25.8 Å². The van der Waals surface area contributed by atoms with E-state index in [0.717, 1.165) is 44.1 Å². The maximum Gasteiger partial charge on any atom is 0.231 e. The Kier molecular flexibility index (Phi) is 5.33. The van der Waals surface area contributed by atoms with Gasteiger partial charge in [0.2, 0.25) is 5.91 Å². The van der Waals surface area contributed by atoms with Crippen LogP contribution in [-0.2, 0) is 11.2 Å². The van der Waals surface area contributed by atoms with E-state index in [2.05, 4.69) is 40.7 Å². The molecule has 5 aromatic rings. The number of hydrogen-bond acceptors (Lipinski definition) is 6.